The van der Waals surface area contributed by atoms with Crippen molar-refractivity contribution in [1.29, 1.82) is 0 Å². The minimum Gasteiger partial charge on any atom is -0.312 e. The largest absolute Gasteiger partial charge is 0.312 e. The van der Waals surface area contributed by atoms with Crippen LogP contribution < -0.4 is 9.62 Å². The number of nitrogens with one attached hydrogen (secondary N) is 1. The molecule has 0 saturated carbocycles. The molecule has 0 radical (unpaired) electrons. The molecule has 0 aromatic heterocycles. The summed E-state index contributed by atoms with van der Waals surface area (Å²) in [4.78, 5) is 13.7. The zero-order valence-corrected chi connectivity index (χ0v) is 13.6. The summed E-state index contributed by atoms with van der Waals surface area (Å²) in [6.07, 6.45) is 2.29. The van der Waals surface area contributed by atoms with Crippen LogP contribution in [0.5, 0.6) is 0 Å². The number of rotatable bonds is 4. The fraction of sp³-hybridized carbons (Fsp3) is 0.462. The lowest BCUT2D eigenvalue weighted by molar-refractivity contribution is -0.118. The summed E-state index contributed by atoms with van der Waals surface area (Å²) in [6, 6.07) is 5.36. The van der Waals surface area contributed by atoms with Gasteiger partial charge in [-0.3, -0.25) is 9.52 Å². The summed E-state index contributed by atoms with van der Waals surface area (Å²) in [7, 11) is -3.38. The molecule has 1 amide bonds. The number of carbonyl (C=O) groups is 1. The Morgan fingerprint density at radius 1 is 1.45 bits per heavy atom. The number of hydrogen-bond acceptors (Lipinski definition) is 3. The first-order valence-electron chi connectivity index (χ1n) is 6.46. The highest BCUT2D eigenvalue weighted by Crippen LogP contribution is 2.30. The number of fused-ring (bicyclic) bond motifs is 1. The summed E-state index contributed by atoms with van der Waals surface area (Å²) >= 11 is 2.93. The van der Waals surface area contributed by atoms with Gasteiger partial charge in [-0.25, -0.2) is 8.42 Å². The number of benzene rings is 1. The molecule has 1 aromatic rings. The van der Waals surface area contributed by atoms with Gasteiger partial charge in [-0.2, -0.15) is 0 Å². The Kier molecular flexibility index (Phi) is 4.70. The van der Waals surface area contributed by atoms with Crippen molar-refractivity contribution >= 4 is 43.2 Å². The molecular weight excluding hydrogens is 344 g/mol. The number of aryl methyl sites for hydroxylation is 1. The monoisotopic (exact) mass is 360 g/mol. The van der Waals surface area contributed by atoms with Crippen LogP contribution in [0.3, 0.4) is 0 Å². The van der Waals surface area contributed by atoms with Crippen molar-refractivity contribution in [1.82, 2.24) is 0 Å². The van der Waals surface area contributed by atoms with Crippen LogP contribution in [0, 0.1) is 0 Å². The molecule has 0 saturated heterocycles. The molecule has 0 atom stereocenters. The lowest BCUT2D eigenvalue weighted by Gasteiger charge is -2.29. The van der Waals surface area contributed by atoms with E-state index in [9.17, 15) is 13.2 Å². The van der Waals surface area contributed by atoms with E-state index in [1.54, 1.807) is 17.0 Å². The SMILES string of the molecule is CCC(=O)N1CCCc2ccc(NS(=O)(=O)CBr)cc21. The topological polar surface area (TPSA) is 66.5 Å². The van der Waals surface area contributed by atoms with Gasteiger partial charge in [-0.15, -0.1) is 0 Å². The Morgan fingerprint density at radius 3 is 2.85 bits per heavy atom. The second-order valence-electron chi connectivity index (χ2n) is 4.67. The second-order valence-corrected chi connectivity index (χ2v) is 7.70. The highest BCUT2D eigenvalue weighted by atomic mass is 79.9. The molecule has 0 unspecified atom stereocenters. The lowest BCUT2D eigenvalue weighted by atomic mass is 10.0. The maximum absolute atomic E-state index is 12.0. The Balaban J connectivity index is 2.35. The van der Waals surface area contributed by atoms with Gasteiger partial charge in [0, 0.05) is 18.7 Å². The predicted octanol–water partition coefficient (Wildman–Crippen LogP) is 2.47. The van der Waals surface area contributed by atoms with Gasteiger partial charge in [0.05, 0.1) is 5.69 Å². The normalized spacial score (nSPS) is 14.8. The standard InChI is InChI=1S/C13H17BrN2O3S/c1-2-13(17)16-7-3-4-10-5-6-11(8-12(10)16)15-20(18,19)9-14/h5-6,8,15H,2-4,7,9H2,1H3. The molecule has 1 heterocycles. The van der Waals surface area contributed by atoms with Gasteiger partial charge in [0.15, 0.2) is 0 Å². The molecule has 1 aliphatic heterocycles. The quantitative estimate of drug-likeness (QED) is 0.838. The number of anilines is 2. The van der Waals surface area contributed by atoms with Crippen LogP contribution in [-0.4, -0.2) is 25.5 Å². The summed E-state index contributed by atoms with van der Waals surface area (Å²) in [6.45, 7) is 2.52. The van der Waals surface area contributed by atoms with Crippen LogP contribution in [0.25, 0.3) is 0 Å². The van der Waals surface area contributed by atoms with E-state index in [2.05, 4.69) is 20.7 Å². The minimum absolute atomic E-state index is 0.0615. The second kappa shape index (κ2) is 6.13. The van der Waals surface area contributed by atoms with Gasteiger partial charge in [0.2, 0.25) is 15.9 Å². The molecule has 0 fully saturated rings. The van der Waals surface area contributed by atoms with Gasteiger partial charge in [-0.1, -0.05) is 28.9 Å². The third-order valence-electron chi connectivity index (χ3n) is 3.22. The van der Waals surface area contributed by atoms with E-state index in [4.69, 9.17) is 0 Å². The number of nitrogens with zero attached hydrogens (tertiary/aromatic N) is 1. The Morgan fingerprint density at radius 2 is 2.20 bits per heavy atom. The number of sulfonamides is 1. The van der Waals surface area contributed by atoms with Gasteiger partial charge >= 0.3 is 0 Å². The zero-order valence-electron chi connectivity index (χ0n) is 11.2. The van der Waals surface area contributed by atoms with Crippen molar-refractivity contribution < 1.29 is 13.2 Å². The number of amides is 1. The first kappa shape index (κ1) is 15.3. The summed E-state index contributed by atoms with van der Waals surface area (Å²) in [5, 5.41) is 0. The molecule has 0 bridgehead atoms. The zero-order chi connectivity index (χ0) is 14.8. The molecule has 7 heteroatoms. The number of alkyl halides is 1. The fourth-order valence-electron chi connectivity index (χ4n) is 2.29. The highest BCUT2D eigenvalue weighted by Gasteiger charge is 2.22. The van der Waals surface area contributed by atoms with E-state index < -0.39 is 10.0 Å². The van der Waals surface area contributed by atoms with E-state index in [-0.39, 0.29) is 10.6 Å². The van der Waals surface area contributed by atoms with Crippen molar-refractivity contribution in [3.8, 4) is 0 Å². The third kappa shape index (κ3) is 3.32. The summed E-state index contributed by atoms with van der Waals surface area (Å²) in [5.41, 5.74) is 2.39. The van der Waals surface area contributed by atoms with Crippen LogP contribution in [0.4, 0.5) is 11.4 Å². The van der Waals surface area contributed by atoms with Crippen molar-refractivity contribution in [3.63, 3.8) is 0 Å². The van der Waals surface area contributed by atoms with Crippen molar-refractivity contribution in [2.45, 2.75) is 26.2 Å². The highest BCUT2D eigenvalue weighted by molar-refractivity contribution is 9.10. The molecular formula is C13H17BrN2O3S. The average Bonchev–Trinajstić information content (AvgIpc) is 2.45. The van der Waals surface area contributed by atoms with E-state index in [1.165, 1.54) is 0 Å². The Hall–Kier alpha value is -1.08. The summed E-state index contributed by atoms with van der Waals surface area (Å²) < 4.78 is 25.5. The average molecular weight is 361 g/mol. The minimum atomic E-state index is -3.38. The smallest absolute Gasteiger partial charge is 0.242 e. The molecule has 20 heavy (non-hydrogen) atoms. The van der Waals surface area contributed by atoms with Crippen LogP contribution >= 0.6 is 15.9 Å². The first-order chi connectivity index (χ1) is 9.46. The molecule has 1 N–H and O–H groups in total. The molecule has 2 rings (SSSR count). The van der Waals surface area contributed by atoms with E-state index >= 15 is 0 Å². The Labute approximate surface area is 127 Å². The predicted molar refractivity (Wildman–Crippen MR) is 83.7 cm³/mol. The molecule has 1 aliphatic rings. The van der Waals surface area contributed by atoms with E-state index in [1.807, 2.05) is 13.0 Å². The third-order valence-corrected chi connectivity index (χ3v) is 5.87. The van der Waals surface area contributed by atoms with Crippen LogP contribution in [0.2, 0.25) is 0 Å². The fourth-order valence-corrected chi connectivity index (χ4v) is 3.18. The Bertz CT molecular complexity index is 616. The molecule has 110 valence electrons. The van der Waals surface area contributed by atoms with Gasteiger partial charge < -0.3 is 4.90 Å². The van der Waals surface area contributed by atoms with Gasteiger partial charge in [-0.05, 0) is 30.5 Å². The molecule has 0 spiro atoms. The number of carbonyl (C=O) groups excluding carboxylic acids is 1. The molecule has 1 aromatic carbocycles. The maximum Gasteiger partial charge on any atom is 0.242 e. The van der Waals surface area contributed by atoms with Crippen LogP contribution in [0.1, 0.15) is 25.3 Å². The maximum atomic E-state index is 12.0. The van der Waals surface area contributed by atoms with E-state index in [0.29, 0.717) is 18.7 Å². The van der Waals surface area contributed by atoms with Crippen LogP contribution in [0.15, 0.2) is 18.2 Å². The molecule has 5 nitrogen and oxygen atoms in total. The number of halogens is 1. The van der Waals surface area contributed by atoms with Gasteiger partial charge in [0.1, 0.15) is 4.66 Å². The summed E-state index contributed by atoms with van der Waals surface area (Å²) in [5.74, 6) is 0.0615. The lowest BCUT2D eigenvalue weighted by Crippen LogP contribution is -2.35. The van der Waals surface area contributed by atoms with Crippen molar-refractivity contribution in [3.05, 3.63) is 23.8 Å². The van der Waals surface area contributed by atoms with E-state index in [0.717, 1.165) is 24.1 Å². The number of hydrogen-bond donors (Lipinski definition) is 1. The van der Waals surface area contributed by atoms with Gasteiger partial charge in [0.25, 0.3) is 0 Å². The van der Waals surface area contributed by atoms with Crippen LogP contribution in [-0.2, 0) is 21.2 Å². The van der Waals surface area contributed by atoms with Crippen molar-refractivity contribution in [2.24, 2.45) is 0 Å². The first-order valence-corrected chi connectivity index (χ1v) is 9.24. The molecule has 0 aliphatic carbocycles. The van der Waals surface area contributed by atoms with Crippen molar-refractivity contribution in [2.75, 3.05) is 20.8 Å².